The lowest BCUT2D eigenvalue weighted by atomic mass is 10.1. The molecule has 1 aromatic heterocycles. The average Bonchev–Trinajstić information content (AvgIpc) is 2.42. The molecule has 0 aliphatic rings. The van der Waals surface area contributed by atoms with Crippen LogP contribution in [0, 0.1) is 12.7 Å². The molecule has 19 heavy (non-hydrogen) atoms. The number of nitrogens with zero attached hydrogens (tertiary/aromatic N) is 2. The van der Waals surface area contributed by atoms with Crippen LogP contribution in [0.25, 0.3) is 10.8 Å². The molecule has 0 N–H and O–H groups in total. The Balaban J connectivity index is 2.09. The molecule has 94 valence electrons. The van der Waals surface area contributed by atoms with Crippen molar-refractivity contribution >= 4 is 10.8 Å². The third-order valence-corrected chi connectivity index (χ3v) is 2.85. The minimum absolute atomic E-state index is 0.345. The second-order valence-electron chi connectivity index (χ2n) is 4.20. The van der Waals surface area contributed by atoms with Crippen LogP contribution in [-0.2, 0) is 0 Å². The van der Waals surface area contributed by atoms with Crippen LogP contribution in [0.3, 0.4) is 0 Å². The number of ether oxygens (including phenoxy) is 1. The number of aryl methyl sites for hydroxylation is 1. The van der Waals surface area contributed by atoms with Crippen molar-refractivity contribution in [3.05, 3.63) is 60.0 Å². The maximum absolute atomic E-state index is 13.1. The number of aromatic nitrogens is 2. The highest BCUT2D eigenvalue weighted by Crippen LogP contribution is 2.28. The lowest BCUT2D eigenvalue weighted by molar-refractivity contribution is 0.456. The van der Waals surface area contributed by atoms with E-state index in [1.54, 1.807) is 12.1 Å². The van der Waals surface area contributed by atoms with Gasteiger partial charge in [-0.05, 0) is 25.1 Å². The van der Waals surface area contributed by atoms with Gasteiger partial charge in [-0.1, -0.05) is 24.3 Å². The van der Waals surface area contributed by atoms with Gasteiger partial charge in [0.15, 0.2) is 0 Å². The Labute approximate surface area is 109 Å². The van der Waals surface area contributed by atoms with Crippen molar-refractivity contribution in [2.45, 2.75) is 6.92 Å². The second-order valence-corrected chi connectivity index (χ2v) is 4.20. The van der Waals surface area contributed by atoms with E-state index in [1.807, 2.05) is 31.2 Å². The Bertz CT molecular complexity index is 743. The predicted octanol–water partition coefficient (Wildman–Crippen LogP) is 3.87. The van der Waals surface area contributed by atoms with Crippen LogP contribution >= 0.6 is 0 Å². The zero-order chi connectivity index (χ0) is 13.2. The van der Waals surface area contributed by atoms with Gasteiger partial charge in [-0.2, -0.15) is 5.10 Å². The zero-order valence-corrected chi connectivity index (χ0v) is 10.3. The van der Waals surface area contributed by atoms with Gasteiger partial charge in [-0.3, -0.25) is 0 Å². The molecular formula is C15H11FN2O. The fraction of sp³-hybridized carbons (Fsp3) is 0.0667. The molecule has 2 aromatic carbocycles. The Morgan fingerprint density at radius 3 is 2.53 bits per heavy atom. The van der Waals surface area contributed by atoms with Crippen molar-refractivity contribution in [1.29, 1.82) is 0 Å². The van der Waals surface area contributed by atoms with Gasteiger partial charge in [-0.25, -0.2) is 4.39 Å². The lowest BCUT2D eigenvalue weighted by Gasteiger charge is -2.08. The van der Waals surface area contributed by atoms with Gasteiger partial charge in [0.1, 0.15) is 11.6 Å². The number of benzene rings is 2. The van der Waals surface area contributed by atoms with Gasteiger partial charge in [-0.15, -0.1) is 5.10 Å². The first kappa shape index (κ1) is 11.6. The molecule has 0 unspecified atom stereocenters. The van der Waals surface area contributed by atoms with Gasteiger partial charge in [0, 0.05) is 16.8 Å². The van der Waals surface area contributed by atoms with Crippen molar-refractivity contribution in [3.8, 4) is 11.6 Å². The van der Waals surface area contributed by atoms with Crippen molar-refractivity contribution in [2.75, 3.05) is 0 Å². The van der Waals surface area contributed by atoms with Gasteiger partial charge in [0.2, 0.25) is 5.88 Å². The molecule has 0 aliphatic heterocycles. The molecule has 0 radical (unpaired) electrons. The van der Waals surface area contributed by atoms with Crippen molar-refractivity contribution < 1.29 is 9.13 Å². The van der Waals surface area contributed by atoms with Gasteiger partial charge in [0.05, 0.1) is 5.69 Å². The zero-order valence-electron chi connectivity index (χ0n) is 10.3. The summed E-state index contributed by atoms with van der Waals surface area (Å²) in [5.41, 5.74) is 0.835. The van der Waals surface area contributed by atoms with Crippen molar-refractivity contribution in [3.63, 3.8) is 0 Å². The summed E-state index contributed by atoms with van der Waals surface area (Å²) >= 11 is 0. The first-order valence-electron chi connectivity index (χ1n) is 5.89. The Morgan fingerprint density at radius 1 is 0.947 bits per heavy atom. The van der Waals surface area contributed by atoms with E-state index in [9.17, 15) is 4.39 Å². The molecule has 0 bridgehead atoms. The second kappa shape index (κ2) is 4.65. The molecular weight excluding hydrogens is 243 g/mol. The van der Waals surface area contributed by atoms with Gasteiger partial charge < -0.3 is 4.74 Å². The number of rotatable bonds is 2. The smallest absolute Gasteiger partial charge is 0.246 e. The summed E-state index contributed by atoms with van der Waals surface area (Å²) in [4.78, 5) is 0. The first-order valence-corrected chi connectivity index (χ1v) is 5.89. The molecule has 3 nitrogen and oxygen atoms in total. The quantitative estimate of drug-likeness (QED) is 0.696. The van der Waals surface area contributed by atoms with E-state index in [1.165, 1.54) is 12.1 Å². The van der Waals surface area contributed by atoms with Crippen LogP contribution < -0.4 is 4.74 Å². The van der Waals surface area contributed by atoms with Gasteiger partial charge in [0.25, 0.3) is 0 Å². The molecule has 4 heteroatoms. The summed E-state index contributed by atoms with van der Waals surface area (Å²) in [5, 5.41) is 9.93. The SMILES string of the molecule is Cc1nnc(Oc2cccc(F)c2)c2ccccc12. The molecule has 0 amide bonds. The summed E-state index contributed by atoms with van der Waals surface area (Å²) in [5.74, 6) is 0.442. The molecule has 0 saturated carbocycles. The highest BCUT2D eigenvalue weighted by molar-refractivity contribution is 5.88. The van der Waals surface area contributed by atoms with Crippen molar-refractivity contribution in [2.24, 2.45) is 0 Å². The molecule has 0 spiro atoms. The minimum atomic E-state index is -0.345. The molecule has 3 rings (SSSR count). The highest BCUT2D eigenvalue weighted by Gasteiger charge is 2.08. The summed E-state index contributed by atoms with van der Waals surface area (Å²) in [7, 11) is 0. The predicted molar refractivity (Wildman–Crippen MR) is 70.7 cm³/mol. The van der Waals surface area contributed by atoms with Crippen molar-refractivity contribution in [1.82, 2.24) is 10.2 Å². The Hall–Kier alpha value is -2.49. The van der Waals surface area contributed by atoms with E-state index in [0.717, 1.165) is 16.5 Å². The van der Waals surface area contributed by atoms with E-state index in [4.69, 9.17) is 4.74 Å². The Kier molecular flexibility index (Phi) is 2.83. The van der Waals surface area contributed by atoms with E-state index in [0.29, 0.717) is 11.6 Å². The van der Waals surface area contributed by atoms with E-state index < -0.39 is 0 Å². The number of halogens is 1. The molecule has 1 heterocycles. The molecule has 0 aliphatic carbocycles. The van der Waals surface area contributed by atoms with E-state index in [-0.39, 0.29) is 5.82 Å². The Morgan fingerprint density at radius 2 is 1.74 bits per heavy atom. The number of fused-ring (bicyclic) bond motifs is 1. The van der Waals surface area contributed by atoms with Crippen LogP contribution in [0.5, 0.6) is 11.6 Å². The number of hydrogen-bond donors (Lipinski definition) is 0. The van der Waals surface area contributed by atoms with E-state index in [2.05, 4.69) is 10.2 Å². The molecule has 0 fully saturated rings. The number of hydrogen-bond acceptors (Lipinski definition) is 3. The fourth-order valence-electron chi connectivity index (χ4n) is 1.93. The summed E-state index contributed by atoms with van der Waals surface area (Å²) in [6.07, 6.45) is 0. The van der Waals surface area contributed by atoms with Crippen LogP contribution in [0.1, 0.15) is 5.69 Å². The topological polar surface area (TPSA) is 35.0 Å². The van der Waals surface area contributed by atoms with Crippen LogP contribution in [0.15, 0.2) is 48.5 Å². The maximum Gasteiger partial charge on any atom is 0.246 e. The molecule has 0 saturated heterocycles. The summed E-state index contributed by atoms with van der Waals surface area (Å²) in [6.45, 7) is 1.89. The first-order chi connectivity index (χ1) is 9.24. The largest absolute Gasteiger partial charge is 0.437 e. The summed E-state index contributed by atoms with van der Waals surface area (Å²) in [6, 6.07) is 13.7. The lowest BCUT2D eigenvalue weighted by Crippen LogP contribution is -1.95. The highest BCUT2D eigenvalue weighted by atomic mass is 19.1. The molecule has 3 aromatic rings. The third kappa shape index (κ3) is 2.25. The average molecular weight is 254 g/mol. The summed E-state index contributed by atoms with van der Waals surface area (Å²) < 4.78 is 18.7. The normalized spacial score (nSPS) is 10.6. The maximum atomic E-state index is 13.1. The standard InChI is InChI=1S/C15H11FN2O/c1-10-13-7-2-3-8-14(13)15(18-17-10)19-12-6-4-5-11(16)9-12/h2-9H,1H3. The fourth-order valence-corrected chi connectivity index (χ4v) is 1.93. The van der Waals surface area contributed by atoms with Crippen LogP contribution in [0.2, 0.25) is 0 Å². The van der Waals surface area contributed by atoms with Gasteiger partial charge >= 0.3 is 0 Å². The van der Waals surface area contributed by atoms with E-state index >= 15 is 0 Å². The third-order valence-electron chi connectivity index (χ3n) is 2.85. The minimum Gasteiger partial charge on any atom is -0.437 e. The van der Waals surface area contributed by atoms with Crippen LogP contribution in [0.4, 0.5) is 4.39 Å². The molecule has 0 atom stereocenters. The monoisotopic (exact) mass is 254 g/mol. The van der Waals surface area contributed by atoms with Crippen LogP contribution in [-0.4, -0.2) is 10.2 Å².